The van der Waals surface area contributed by atoms with Crippen molar-refractivity contribution in [1.82, 2.24) is 9.61 Å². The number of phenols is 1. The van der Waals surface area contributed by atoms with Crippen LogP contribution in [0.3, 0.4) is 0 Å². The fraction of sp³-hybridized carbons (Fsp3) is 0.565. The Kier molecular flexibility index (Phi) is 19.1. The Balaban J connectivity index is 1.06. The molecule has 1 saturated carbocycles. The Morgan fingerprint density at radius 1 is 0.803 bits per heavy atom. The molecule has 6 N–H and O–H groups in total. The normalized spacial score (nSPS) is 17.7. The summed E-state index contributed by atoms with van der Waals surface area (Å²) in [7, 11) is 1.65. The van der Waals surface area contributed by atoms with Crippen molar-refractivity contribution in [2.24, 2.45) is 27.8 Å². The molecule has 15 heteroatoms. The van der Waals surface area contributed by atoms with Gasteiger partial charge in [-0.3, -0.25) is 0 Å². The van der Waals surface area contributed by atoms with E-state index in [4.69, 9.17) is 59.5 Å². The van der Waals surface area contributed by atoms with Crippen molar-refractivity contribution in [3.8, 4) is 22.6 Å². The maximum absolute atomic E-state index is 10.1. The highest BCUT2D eigenvalue weighted by atomic mass is 16.6. The third kappa shape index (κ3) is 14.1. The molecule has 1 unspecified atom stereocenters. The second-order valence-electron chi connectivity index (χ2n) is 16.0. The molecule has 5 rings (SSSR count). The number of nitrogens with two attached hydrogens (primary N) is 2. The maximum atomic E-state index is 10.1. The number of anilines is 1. The number of amidine groups is 1. The van der Waals surface area contributed by atoms with E-state index in [0.29, 0.717) is 122 Å². The van der Waals surface area contributed by atoms with Crippen molar-refractivity contribution in [3.63, 3.8) is 0 Å². The number of rotatable bonds is 29. The SMILES string of the molecule is CCc1cc(O)ccc1N=C(N)c1cnn2cc(-c3ccc(OCCOCCOCCOCCOCCOCCOCCOC)cc3)cc2c1NCC1CC[C@](C)(N)C1(C)C. The van der Waals surface area contributed by atoms with E-state index >= 15 is 0 Å². The number of hydrogen-bond donors (Lipinski definition) is 4. The second kappa shape index (κ2) is 24.4. The number of phenolic OH excluding ortho intramolecular Hbond substituents is 1. The van der Waals surface area contributed by atoms with E-state index < -0.39 is 0 Å². The number of nitrogens with one attached hydrogen (secondary N) is 1. The highest BCUT2D eigenvalue weighted by Crippen LogP contribution is 2.48. The minimum atomic E-state index is -0.252. The molecule has 2 atom stereocenters. The number of aryl methyl sites for hydroxylation is 1. The minimum absolute atomic E-state index is 0.0615. The zero-order chi connectivity index (χ0) is 43.5. The minimum Gasteiger partial charge on any atom is -0.508 e. The molecule has 0 bridgehead atoms. The van der Waals surface area contributed by atoms with Crippen molar-refractivity contribution in [2.75, 3.05) is 111 Å². The number of fused-ring (bicyclic) bond motifs is 1. The molecular formula is C46H68N6O9. The summed E-state index contributed by atoms with van der Waals surface area (Å²) >= 11 is 0. The molecule has 15 nitrogen and oxygen atoms in total. The van der Waals surface area contributed by atoms with Gasteiger partial charge in [0.1, 0.15) is 23.9 Å². The van der Waals surface area contributed by atoms with Gasteiger partial charge in [0.15, 0.2) is 0 Å². The van der Waals surface area contributed by atoms with Crippen LogP contribution in [-0.2, 0) is 39.6 Å². The van der Waals surface area contributed by atoms with Crippen LogP contribution in [0.25, 0.3) is 16.6 Å². The van der Waals surface area contributed by atoms with Crippen LogP contribution in [0.15, 0.2) is 65.9 Å². The number of aliphatic imine (C=N–C) groups is 1. The molecule has 336 valence electrons. The van der Waals surface area contributed by atoms with Crippen LogP contribution in [0.2, 0.25) is 0 Å². The summed E-state index contributed by atoms with van der Waals surface area (Å²) in [6.07, 6.45) is 6.47. The molecule has 0 spiro atoms. The van der Waals surface area contributed by atoms with Crippen LogP contribution >= 0.6 is 0 Å². The van der Waals surface area contributed by atoms with Gasteiger partial charge in [-0.1, -0.05) is 32.9 Å². The van der Waals surface area contributed by atoms with Crippen LogP contribution in [0.4, 0.5) is 11.4 Å². The van der Waals surface area contributed by atoms with Crippen LogP contribution < -0.4 is 21.5 Å². The van der Waals surface area contributed by atoms with Crippen molar-refractivity contribution >= 4 is 22.7 Å². The Hall–Kier alpha value is -4.32. The molecule has 1 aliphatic carbocycles. The largest absolute Gasteiger partial charge is 0.508 e. The molecule has 2 aromatic heterocycles. The summed E-state index contributed by atoms with van der Waals surface area (Å²) in [5.74, 6) is 1.65. The summed E-state index contributed by atoms with van der Waals surface area (Å²) in [5, 5.41) is 18.6. The highest BCUT2D eigenvalue weighted by Gasteiger charge is 2.48. The van der Waals surface area contributed by atoms with Crippen molar-refractivity contribution in [2.45, 2.75) is 52.5 Å². The topological polar surface area (TPSA) is 188 Å². The first-order valence-corrected chi connectivity index (χ1v) is 21.4. The first kappa shape index (κ1) is 47.7. The van der Waals surface area contributed by atoms with Crippen LogP contribution in [0.1, 0.15) is 51.7 Å². The Morgan fingerprint density at radius 3 is 1.92 bits per heavy atom. The monoisotopic (exact) mass is 849 g/mol. The van der Waals surface area contributed by atoms with E-state index in [-0.39, 0.29) is 16.7 Å². The second-order valence-corrected chi connectivity index (χ2v) is 16.0. The van der Waals surface area contributed by atoms with Gasteiger partial charge < -0.3 is 59.8 Å². The average Bonchev–Trinajstić information content (AvgIpc) is 3.78. The highest BCUT2D eigenvalue weighted by molar-refractivity contribution is 6.06. The van der Waals surface area contributed by atoms with Gasteiger partial charge in [0, 0.05) is 31.0 Å². The van der Waals surface area contributed by atoms with E-state index in [2.05, 4.69) is 32.2 Å². The van der Waals surface area contributed by atoms with E-state index in [1.807, 2.05) is 41.9 Å². The number of nitrogens with zero attached hydrogens (tertiary/aromatic N) is 3. The number of benzene rings is 2. The van der Waals surface area contributed by atoms with Gasteiger partial charge in [-0.2, -0.15) is 5.10 Å². The molecule has 2 heterocycles. The lowest BCUT2D eigenvalue weighted by molar-refractivity contribution is -0.0199. The number of methoxy groups -OCH3 is 1. The van der Waals surface area contributed by atoms with Gasteiger partial charge in [-0.05, 0) is 85.0 Å². The molecule has 0 radical (unpaired) electrons. The van der Waals surface area contributed by atoms with Gasteiger partial charge in [0.25, 0.3) is 0 Å². The fourth-order valence-corrected chi connectivity index (χ4v) is 7.26. The average molecular weight is 849 g/mol. The third-order valence-electron chi connectivity index (χ3n) is 11.6. The molecule has 0 amide bonds. The molecule has 4 aromatic rings. The molecule has 61 heavy (non-hydrogen) atoms. The van der Waals surface area contributed by atoms with Gasteiger partial charge in [-0.25, -0.2) is 9.51 Å². The van der Waals surface area contributed by atoms with Gasteiger partial charge in [-0.15, -0.1) is 0 Å². The predicted molar refractivity (Wildman–Crippen MR) is 238 cm³/mol. The number of ether oxygens (including phenoxy) is 8. The van der Waals surface area contributed by atoms with Crippen LogP contribution in [-0.4, -0.2) is 132 Å². The Bertz CT molecular complexity index is 1930. The first-order chi connectivity index (χ1) is 29.5. The van der Waals surface area contributed by atoms with Crippen LogP contribution in [0, 0.1) is 11.3 Å². The summed E-state index contributed by atoms with van der Waals surface area (Å²) in [4.78, 5) is 4.82. The summed E-state index contributed by atoms with van der Waals surface area (Å²) in [6, 6.07) is 15.2. The predicted octanol–water partition coefficient (Wildman–Crippen LogP) is 6.00. The van der Waals surface area contributed by atoms with Crippen LogP contribution in [0.5, 0.6) is 11.5 Å². The zero-order valence-corrected chi connectivity index (χ0v) is 36.8. The first-order valence-electron chi connectivity index (χ1n) is 21.4. The summed E-state index contributed by atoms with van der Waals surface area (Å²) < 4.78 is 45.8. The Labute approximate surface area is 361 Å². The number of aromatic hydroxyl groups is 1. The molecular weight excluding hydrogens is 781 g/mol. The maximum Gasteiger partial charge on any atom is 0.135 e. The molecule has 1 aliphatic rings. The summed E-state index contributed by atoms with van der Waals surface area (Å²) in [5.41, 5.74) is 19.3. The van der Waals surface area contributed by atoms with E-state index in [1.165, 1.54) is 0 Å². The Morgan fingerprint density at radius 2 is 1.38 bits per heavy atom. The van der Waals surface area contributed by atoms with Gasteiger partial charge >= 0.3 is 0 Å². The smallest absolute Gasteiger partial charge is 0.135 e. The molecule has 0 saturated heterocycles. The molecule has 2 aromatic carbocycles. The number of hydrogen-bond acceptors (Lipinski definition) is 13. The lowest BCUT2D eigenvalue weighted by Crippen LogP contribution is -2.49. The third-order valence-corrected chi connectivity index (χ3v) is 11.6. The number of aromatic nitrogens is 2. The van der Waals surface area contributed by atoms with Gasteiger partial charge in [0.2, 0.25) is 0 Å². The summed E-state index contributed by atoms with van der Waals surface area (Å²) in [6.45, 7) is 16.5. The van der Waals surface area contributed by atoms with E-state index in [9.17, 15) is 5.11 Å². The van der Waals surface area contributed by atoms with Gasteiger partial charge in [0.05, 0.1) is 115 Å². The molecule has 1 fully saturated rings. The van der Waals surface area contributed by atoms with Crippen molar-refractivity contribution < 1.29 is 43.0 Å². The zero-order valence-electron chi connectivity index (χ0n) is 36.8. The lowest BCUT2D eigenvalue weighted by atomic mass is 9.72. The lowest BCUT2D eigenvalue weighted by Gasteiger charge is -2.39. The standard InChI is InChI=1S/C46H68N6O9/c1-6-34-29-38(53)9-12-41(34)51-44(47)40-32-50-52-33-36(30-42(52)43(40)49-31-37-13-14-46(4,48)45(37,2)3)35-7-10-39(11-8-35)61-28-27-60-26-25-59-24-23-58-22-21-57-20-19-56-18-17-55-16-15-54-5/h7-12,29-30,32-33,37,49,53H,6,13-28,31,48H2,1-5H3,(H2,47,51)/t37?,46-/m0/s1. The van der Waals surface area contributed by atoms with E-state index in [1.54, 1.807) is 31.5 Å². The molecule has 0 aliphatic heterocycles. The fourth-order valence-electron chi connectivity index (χ4n) is 7.26. The van der Waals surface area contributed by atoms with Crippen molar-refractivity contribution in [1.29, 1.82) is 0 Å². The quantitative estimate of drug-likeness (QED) is 0.0284. The van der Waals surface area contributed by atoms with Crippen molar-refractivity contribution in [3.05, 3.63) is 72.1 Å². The van der Waals surface area contributed by atoms with E-state index in [0.717, 1.165) is 53.0 Å².